The highest BCUT2D eigenvalue weighted by Gasteiger charge is 2.65. The highest BCUT2D eigenvalue weighted by molar-refractivity contribution is 5.89. The standard InChI is InChI=1S/C18H21NO3/c1-19-8-7-18-11-4-5-13(20)17(18)22-16-14(21-2)6-3-10(15(16)18)9-12(11)19/h3,6,11-12,17H,4-5,7-9H2,1-2H3/t11-,12+,17?,18-/m0/s1/i2D3,11D,17D. The fourth-order valence-electron chi connectivity index (χ4n) is 5.01. The number of likely N-dealkylation sites (tertiary alicyclic amines) is 1. The van der Waals surface area contributed by atoms with Gasteiger partial charge in [-0.05, 0) is 50.4 Å². The third-order valence-corrected chi connectivity index (χ3v) is 5.95. The Morgan fingerprint density at radius 3 is 3.32 bits per heavy atom. The largest absolute Gasteiger partial charge is 0.493 e. The lowest BCUT2D eigenvalue weighted by Gasteiger charge is -2.57. The van der Waals surface area contributed by atoms with Crippen LogP contribution >= 0.6 is 0 Å². The van der Waals surface area contributed by atoms with E-state index in [1.807, 2.05) is 13.1 Å². The van der Waals surface area contributed by atoms with Gasteiger partial charge in [0.2, 0.25) is 0 Å². The van der Waals surface area contributed by atoms with Crippen molar-refractivity contribution >= 4 is 5.78 Å². The first kappa shape index (κ1) is 8.92. The van der Waals surface area contributed by atoms with E-state index < -0.39 is 24.4 Å². The molecule has 1 unspecified atom stereocenters. The molecule has 2 aliphatic heterocycles. The number of ether oxygens (including phenoxy) is 2. The normalized spacial score (nSPS) is 49.0. The predicted molar refractivity (Wildman–Crippen MR) is 81.6 cm³/mol. The summed E-state index contributed by atoms with van der Waals surface area (Å²) < 4.78 is 51.9. The summed E-state index contributed by atoms with van der Waals surface area (Å²) in [6.45, 7) is 0.659. The highest BCUT2D eigenvalue weighted by atomic mass is 16.5. The lowest BCUT2D eigenvalue weighted by Crippen LogP contribution is -2.65. The van der Waals surface area contributed by atoms with Crippen molar-refractivity contribution in [1.29, 1.82) is 0 Å². The van der Waals surface area contributed by atoms with Crippen LogP contribution in [0.2, 0.25) is 0 Å². The van der Waals surface area contributed by atoms with Gasteiger partial charge in [-0.15, -0.1) is 0 Å². The van der Waals surface area contributed by atoms with Crippen LogP contribution in [-0.2, 0) is 16.6 Å². The van der Waals surface area contributed by atoms with Crippen LogP contribution < -0.4 is 9.47 Å². The van der Waals surface area contributed by atoms with Crippen LogP contribution in [0.1, 0.15) is 37.2 Å². The Morgan fingerprint density at radius 1 is 1.55 bits per heavy atom. The molecule has 0 amide bonds. The molecular weight excluding hydrogens is 278 g/mol. The number of likely N-dealkylation sites (N-methyl/N-ethyl adjacent to an activating group) is 1. The van der Waals surface area contributed by atoms with Gasteiger partial charge in [-0.2, -0.15) is 0 Å². The van der Waals surface area contributed by atoms with E-state index in [1.165, 1.54) is 0 Å². The van der Waals surface area contributed by atoms with Crippen LogP contribution in [0.3, 0.4) is 0 Å². The summed E-state index contributed by atoms with van der Waals surface area (Å²) in [6, 6.07) is 3.25. The number of ketones is 1. The average molecular weight is 304 g/mol. The molecule has 4 atom stereocenters. The second kappa shape index (κ2) is 4.05. The lowest BCUT2D eigenvalue weighted by atomic mass is 9.52. The van der Waals surface area contributed by atoms with Gasteiger partial charge in [-0.3, -0.25) is 4.79 Å². The van der Waals surface area contributed by atoms with Gasteiger partial charge < -0.3 is 14.4 Å². The minimum Gasteiger partial charge on any atom is -0.493 e. The fraction of sp³-hybridized carbons (Fsp3) is 0.611. The maximum absolute atomic E-state index is 12.9. The zero-order valence-electron chi connectivity index (χ0n) is 17.4. The number of methoxy groups -OCH3 is 1. The molecule has 1 spiro atoms. The molecule has 4 aliphatic rings. The number of hydrogen-bond acceptors (Lipinski definition) is 4. The molecular formula is C18H21NO3. The molecule has 1 aromatic carbocycles. The molecule has 2 heterocycles. The van der Waals surface area contributed by atoms with E-state index in [9.17, 15) is 6.17 Å². The second-order valence-corrected chi connectivity index (χ2v) is 6.76. The van der Waals surface area contributed by atoms with Crippen molar-refractivity contribution in [3.8, 4) is 11.5 Å². The number of piperidine rings is 1. The summed E-state index contributed by atoms with van der Waals surface area (Å²) in [5, 5.41) is 0. The number of carbonyl (C=O) groups is 1. The van der Waals surface area contributed by atoms with Crippen molar-refractivity contribution in [3.05, 3.63) is 23.3 Å². The first-order valence-electron chi connectivity index (χ1n) is 10.3. The van der Waals surface area contributed by atoms with E-state index in [-0.39, 0.29) is 29.7 Å². The first-order valence-corrected chi connectivity index (χ1v) is 7.81. The zero-order valence-corrected chi connectivity index (χ0v) is 12.4. The molecule has 1 aromatic rings. The predicted octanol–water partition coefficient (Wildman–Crippen LogP) is 1.93. The molecule has 2 fully saturated rings. The Morgan fingerprint density at radius 2 is 2.45 bits per heavy atom. The monoisotopic (exact) mass is 304 g/mol. The zero-order chi connectivity index (χ0) is 19.4. The Hall–Kier alpha value is -1.55. The maximum Gasteiger partial charge on any atom is 0.174 e. The third kappa shape index (κ3) is 1.27. The number of benzene rings is 1. The van der Waals surface area contributed by atoms with E-state index in [1.54, 1.807) is 6.07 Å². The van der Waals surface area contributed by atoms with Crippen molar-refractivity contribution in [2.75, 3.05) is 20.6 Å². The quantitative estimate of drug-likeness (QED) is 0.795. The second-order valence-electron chi connectivity index (χ2n) is 6.76. The number of rotatable bonds is 1. The molecule has 116 valence electrons. The van der Waals surface area contributed by atoms with E-state index >= 15 is 0 Å². The Labute approximate surface area is 137 Å². The van der Waals surface area contributed by atoms with Gasteiger partial charge in [0.1, 0.15) is 0 Å². The SMILES string of the molecule is [2H]C([2H])([2H])Oc1ccc2c3c1OC1([2H])C(=O)CC[C@@]4([2H])[C@@H](C2)N(C)CC[C@]314. The first-order chi connectivity index (χ1) is 12.5. The van der Waals surface area contributed by atoms with Crippen molar-refractivity contribution in [1.82, 2.24) is 4.90 Å². The molecule has 22 heavy (non-hydrogen) atoms. The summed E-state index contributed by atoms with van der Waals surface area (Å²) >= 11 is 0. The van der Waals surface area contributed by atoms with Gasteiger partial charge in [-0.1, -0.05) is 6.07 Å². The van der Waals surface area contributed by atoms with Crippen molar-refractivity contribution in [3.63, 3.8) is 0 Å². The molecule has 2 aliphatic carbocycles. The Bertz CT molecular complexity index is 873. The van der Waals surface area contributed by atoms with Crippen LogP contribution in [0.5, 0.6) is 11.5 Å². The number of nitrogens with zero attached hydrogens (tertiary/aromatic N) is 1. The van der Waals surface area contributed by atoms with Crippen LogP contribution in [0.25, 0.3) is 0 Å². The molecule has 5 rings (SSSR count). The Kier molecular flexibility index (Phi) is 1.64. The average Bonchev–Trinajstić information content (AvgIpc) is 2.85. The van der Waals surface area contributed by atoms with Gasteiger partial charge in [0.15, 0.2) is 23.4 Å². The summed E-state index contributed by atoms with van der Waals surface area (Å²) in [5.74, 6) is -1.17. The number of Topliss-reactive ketones (excluding diaryl/α,β-unsaturated/α-hetero) is 1. The minimum absolute atomic E-state index is 0.0247. The van der Waals surface area contributed by atoms with E-state index in [2.05, 4.69) is 4.90 Å². The van der Waals surface area contributed by atoms with E-state index in [0.717, 1.165) is 5.56 Å². The van der Waals surface area contributed by atoms with Gasteiger partial charge >= 0.3 is 0 Å². The maximum atomic E-state index is 12.9. The summed E-state index contributed by atoms with van der Waals surface area (Å²) in [6.07, 6.45) is -0.328. The topological polar surface area (TPSA) is 38.8 Å². The molecule has 2 bridgehead atoms. The van der Waals surface area contributed by atoms with E-state index in [0.29, 0.717) is 31.4 Å². The van der Waals surface area contributed by atoms with Crippen LogP contribution in [0.15, 0.2) is 12.1 Å². The van der Waals surface area contributed by atoms with Crippen molar-refractivity contribution in [2.24, 2.45) is 5.89 Å². The van der Waals surface area contributed by atoms with Gasteiger partial charge in [0.25, 0.3) is 0 Å². The molecule has 0 N–H and O–H groups in total. The van der Waals surface area contributed by atoms with Gasteiger partial charge in [0, 0.05) is 24.8 Å². The molecule has 0 aromatic heterocycles. The van der Waals surface area contributed by atoms with Crippen LogP contribution in [0.4, 0.5) is 0 Å². The summed E-state index contributed by atoms with van der Waals surface area (Å²) in [7, 11) is -0.676. The van der Waals surface area contributed by atoms with Gasteiger partial charge in [0.05, 0.1) is 12.5 Å². The van der Waals surface area contributed by atoms with Crippen molar-refractivity contribution in [2.45, 2.75) is 43.2 Å². The van der Waals surface area contributed by atoms with Gasteiger partial charge in [-0.25, -0.2) is 0 Å². The summed E-state index contributed by atoms with van der Waals surface area (Å²) in [4.78, 5) is 15.1. The fourth-order valence-corrected chi connectivity index (χ4v) is 5.01. The number of carbonyl (C=O) groups excluding carboxylic acids is 1. The molecule has 4 nitrogen and oxygen atoms in total. The van der Waals surface area contributed by atoms with Crippen LogP contribution in [-0.4, -0.2) is 43.4 Å². The Balaban J connectivity index is 1.82. The van der Waals surface area contributed by atoms with Crippen molar-refractivity contribution < 1.29 is 21.1 Å². The van der Waals surface area contributed by atoms with Crippen LogP contribution in [0, 0.1) is 5.89 Å². The molecule has 4 heteroatoms. The highest BCUT2D eigenvalue weighted by Crippen LogP contribution is 2.62. The minimum atomic E-state index is -2.67. The molecule has 0 radical (unpaired) electrons. The molecule has 1 saturated heterocycles. The third-order valence-electron chi connectivity index (χ3n) is 5.95. The lowest BCUT2D eigenvalue weighted by molar-refractivity contribution is -0.138. The van der Waals surface area contributed by atoms with E-state index in [4.69, 9.17) is 15.0 Å². The number of hydrogen-bond donors (Lipinski definition) is 0. The summed E-state index contributed by atoms with van der Waals surface area (Å²) in [5.41, 5.74) is 0.488. The molecule has 1 saturated carbocycles. The smallest absolute Gasteiger partial charge is 0.174 e.